The van der Waals surface area contributed by atoms with Crippen LogP contribution in [-0.4, -0.2) is 41.6 Å². The highest BCUT2D eigenvalue weighted by molar-refractivity contribution is 7.92. The van der Waals surface area contributed by atoms with Crippen LogP contribution in [0.2, 0.25) is 0 Å². The molecule has 1 N–H and O–H groups in total. The van der Waals surface area contributed by atoms with Crippen LogP contribution < -0.4 is 19.7 Å². The van der Waals surface area contributed by atoms with Crippen LogP contribution in [0.1, 0.15) is 5.56 Å². The summed E-state index contributed by atoms with van der Waals surface area (Å²) in [5, 5.41) is 2.92. The molecule has 4 rings (SSSR count). The van der Waals surface area contributed by atoms with Gasteiger partial charge >= 0.3 is 0 Å². The standard InChI is InChI=1S/C24H24N2O5S/c1-30-20-12-11-17(15-21(20)31-2)13-14-25-24(27)16-26-18-7-3-5-9-22(18)32(28,29)23-10-6-4-8-19(23)26/h3-12,15H,13-14,16H2,1-2H3,(H,25,27). The summed E-state index contributed by atoms with van der Waals surface area (Å²) in [7, 11) is -0.466. The van der Waals surface area contributed by atoms with Gasteiger partial charge in [-0.3, -0.25) is 4.79 Å². The number of rotatable bonds is 7. The molecular formula is C24H24N2O5S. The number of methoxy groups -OCH3 is 2. The van der Waals surface area contributed by atoms with Gasteiger partial charge < -0.3 is 19.7 Å². The van der Waals surface area contributed by atoms with E-state index >= 15 is 0 Å². The predicted octanol–water partition coefficient (Wildman–Crippen LogP) is 3.35. The molecule has 32 heavy (non-hydrogen) atoms. The van der Waals surface area contributed by atoms with E-state index in [9.17, 15) is 13.2 Å². The molecule has 3 aromatic rings. The third-order valence-corrected chi connectivity index (χ3v) is 7.23. The number of fused-ring (bicyclic) bond motifs is 2. The van der Waals surface area contributed by atoms with Crippen molar-refractivity contribution in [2.75, 3.05) is 32.2 Å². The normalized spacial score (nSPS) is 13.6. The molecule has 1 amide bonds. The van der Waals surface area contributed by atoms with Crippen molar-refractivity contribution in [3.63, 3.8) is 0 Å². The average molecular weight is 453 g/mol. The molecule has 0 aromatic heterocycles. The van der Waals surface area contributed by atoms with Crippen LogP contribution in [0.25, 0.3) is 0 Å². The van der Waals surface area contributed by atoms with Gasteiger partial charge in [0.1, 0.15) is 6.54 Å². The lowest BCUT2D eigenvalue weighted by Gasteiger charge is -2.32. The van der Waals surface area contributed by atoms with Gasteiger partial charge in [0.2, 0.25) is 15.7 Å². The van der Waals surface area contributed by atoms with Crippen molar-refractivity contribution in [3.05, 3.63) is 72.3 Å². The van der Waals surface area contributed by atoms with E-state index < -0.39 is 9.84 Å². The molecule has 0 fully saturated rings. The smallest absolute Gasteiger partial charge is 0.239 e. The molecule has 1 aliphatic heterocycles. The summed E-state index contributed by atoms with van der Waals surface area (Å²) in [6, 6.07) is 19.1. The van der Waals surface area contributed by atoms with E-state index in [4.69, 9.17) is 9.47 Å². The number of para-hydroxylation sites is 2. The van der Waals surface area contributed by atoms with Gasteiger partial charge in [0.15, 0.2) is 11.5 Å². The molecule has 1 heterocycles. The number of hydrogen-bond acceptors (Lipinski definition) is 6. The highest BCUT2D eigenvalue weighted by Gasteiger charge is 2.34. The maximum atomic E-state index is 13.0. The number of nitrogens with zero attached hydrogens (tertiary/aromatic N) is 1. The van der Waals surface area contributed by atoms with E-state index in [-0.39, 0.29) is 22.2 Å². The van der Waals surface area contributed by atoms with Gasteiger partial charge in [-0.25, -0.2) is 8.42 Å². The minimum Gasteiger partial charge on any atom is -0.493 e. The van der Waals surface area contributed by atoms with Crippen LogP contribution in [-0.2, 0) is 21.1 Å². The maximum Gasteiger partial charge on any atom is 0.239 e. The fourth-order valence-corrected chi connectivity index (χ4v) is 5.47. The summed E-state index contributed by atoms with van der Waals surface area (Å²) in [6.07, 6.45) is 0.619. The molecule has 166 valence electrons. The van der Waals surface area contributed by atoms with Crippen molar-refractivity contribution in [1.29, 1.82) is 0 Å². The lowest BCUT2D eigenvalue weighted by Crippen LogP contribution is -2.38. The van der Waals surface area contributed by atoms with Crippen molar-refractivity contribution >= 4 is 27.1 Å². The fourth-order valence-electron chi connectivity index (χ4n) is 3.82. The second kappa shape index (κ2) is 8.92. The first kappa shape index (κ1) is 21.7. The van der Waals surface area contributed by atoms with E-state index in [2.05, 4.69) is 5.32 Å². The van der Waals surface area contributed by atoms with Crippen LogP contribution in [0.3, 0.4) is 0 Å². The van der Waals surface area contributed by atoms with Gasteiger partial charge in [-0.1, -0.05) is 30.3 Å². The third-order valence-electron chi connectivity index (χ3n) is 5.38. The molecule has 0 saturated carbocycles. The molecule has 0 aliphatic carbocycles. The van der Waals surface area contributed by atoms with E-state index in [1.165, 1.54) is 0 Å². The van der Waals surface area contributed by atoms with E-state index in [0.717, 1.165) is 5.56 Å². The molecule has 0 atom stereocenters. The predicted molar refractivity (Wildman–Crippen MR) is 122 cm³/mol. The van der Waals surface area contributed by atoms with Crippen molar-refractivity contribution in [2.45, 2.75) is 16.2 Å². The molecule has 0 saturated heterocycles. The summed E-state index contributed by atoms with van der Waals surface area (Å²) >= 11 is 0. The molecule has 1 aliphatic rings. The van der Waals surface area contributed by atoms with E-state index in [1.807, 2.05) is 18.2 Å². The van der Waals surface area contributed by atoms with Gasteiger partial charge in [0.05, 0.1) is 35.4 Å². The van der Waals surface area contributed by atoms with Crippen molar-refractivity contribution in [3.8, 4) is 11.5 Å². The molecule has 0 radical (unpaired) electrons. The largest absolute Gasteiger partial charge is 0.493 e. The number of ether oxygens (including phenoxy) is 2. The molecule has 7 nitrogen and oxygen atoms in total. The van der Waals surface area contributed by atoms with Crippen LogP contribution in [0, 0.1) is 0 Å². The van der Waals surface area contributed by atoms with Gasteiger partial charge in [0, 0.05) is 6.54 Å². The van der Waals surface area contributed by atoms with Crippen LogP contribution in [0.4, 0.5) is 11.4 Å². The molecule has 0 bridgehead atoms. The van der Waals surface area contributed by atoms with Crippen LogP contribution in [0.5, 0.6) is 11.5 Å². The molecule has 0 spiro atoms. The number of carbonyl (C=O) groups excluding carboxylic acids is 1. The van der Waals surface area contributed by atoms with Crippen molar-refractivity contribution in [2.24, 2.45) is 0 Å². The molecule has 8 heteroatoms. The number of anilines is 2. The lowest BCUT2D eigenvalue weighted by molar-refractivity contribution is -0.119. The van der Waals surface area contributed by atoms with E-state index in [1.54, 1.807) is 67.7 Å². The topological polar surface area (TPSA) is 84.9 Å². The van der Waals surface area contributed by atoms with Crippen LogP contribution >= 0.6 is 0 Å². The number of benzene rings is 3. The molecular weight excluding hydrogens is 428 g/mol. The zero-order valence-corrected chi connectivity index (χ0v) is 18.7. The fraction of sp³-hybridized carbons (Fsp3) is 0.208. The summed E-state index contributed by atoms with van der Waals surface area (Å²) in [5.41, 5.74) is 2.00. The minimum absolute atomic E-state index is 0.00941. The summed E-state index contributed by atoms with van der Waals surface area (Å²) < 4.78 is 36.6. The Bertz CT molecular complexity index is 1200. The van der Waals surface area contributed by atoms with Crippen molar-refractivity contribution < 1.29 is 22.7 Å². The van der Waals surface area contributed by atoms with Crippen LogP contribution in [0.15, 0.2) is 76.5 Å². The van der Waals surface area contributed by atoms with Gasteiger partial charge in [-0.15, -0.1) is 0 Å². The first-order valence-electron chi connectivity index (χ1n) is 10.1. The Morgan fingerprint density at radius 3 is 2.06 bits per heavy atom. The third kappa shape index (κ3) is 4.01. The van der Waals surface area contributed by atoms with E-state index in [0.29, 0.717) is 35.8 Å². The minimum atomic E-state index is -3.63. The number of amides is 1. The monoisotopic (exact) mass is 452 g/mol. The van der Waals surface area contributed by atoms with Gasteiger partial charge in [-0.05, 0) is 48.4 Å². The molecule has 0 unspecified atom stereocenters. The Morgan fingerprint density at radius 2 is 1.47 bits per heavy atom. The first-order valence-corrected chi connectivity index (χ1v) is 11.6. The highest BCUT2D eigenvalue weighted by Crippen LogP contribution is 2.43. The lowest BCUT2D eigenvalue weighted by atomic mass is 10.1. The SMILES string of the molecule is COc1ccc(CCNC(=O)CN2c3ccccc3S(=O)(=O)c3ccccc32)cc1OC. The number of hydrogen-bond donors (Lipinski definition) is 1. The van der Waals surface area contributed by atoms with Gasteiger partial charge in [-0.2, -0.15) is 0 Å². The zero-order valence-electron chi connectivity index (χ0n) is 17.9. The summed E-state index contributed by atoms with van der Waals surface area (Å²) in [5.74, 6) is 1.09. The molecule has 3 aromatic carbocycles. The zero-order chi connectivity index (χ0) is 22.7. The maximum absolute atomic E-state index is 13.0. The Morgan fingerprint density at radius 1 is 0.875 bits per heavy atom. The first-order chi connectivity index (χ1) is 15.5. The number of carbonyl (C=O) groups is 1. The second-order valence-corrected chi connectivity index (χ2v) is 9.20. The second-order valence-electron chi connectivity index (χ2n) is 7.31. The van der Waals surface area contributed by atoms with Crippen molar-refractivity contribution in [1.82, 2.24) is 5.32 Å². The summed E-state index contributed by atoms with van der Waals surface area (Å²) in [6.45, 7) is 0.444. The Hall–Kier alpha value is -3.52. The Labute approximate surface area is 187 Å². The highest BCUT2D eigenvalue weighted by atomic mass is 32.2. The Balaban J connectivity index is 1.48. The quantitative estimate of drug-likeness (QED) is 0.592. The average Bonchev–Trinajstić information content (AvgIpc) is 2.82. The summed E-state index contributed by atoms with van der Waals surface area (Å²) in [4.78, 5) is 14.9. The number of sulfone groups is 1. The number of nitrogens with one attached hydrogen (secondary N) is 1. The van der Waals surface area contributed by atoms with Gasteiger partial charge in [0.25, 0.3) is 0 Å². The Kier molecular flexibility index (Phi) is 6.05.